The van der Waals surface area contributed by atoms with Gasteiger partial charge in [-0.15, -0.1) is 0 Å². The molecule has 0 spiro atoms. The normalized spacial score (nSPS) is 20.0. The van der Waals surface area contributed by atoms with E-state index in [1.807, 2.05) is 91.0 Å². The van der Waals surface area contributed by atoms with Crippen LogP contribution in [0.25, 0.3) is 0 Å². The van der Waals surface area contributed by atoms with Crippen LogP contribution in [0.1, 0.15) is 157 Å². The molecule has 2 aliphatic heterocycles. The summed E-state index contributed by atoms with van der Waals surface area (Å²) in [6.07, 6.45) is 9.51. The predicted octanol–water partition coefficient (Wildman–Crippen LogP) is 17.4. The summed E-state index contributed by atoms with van der Waals surface area (Å²) in [7, 11) is 0. The molecule has 8 atom stereocenters. The molecule has 0 radical (unpaired) electrons. The first-order valence-electron chi connectivity index (χ1n) is 38.2. The third-order valence-electron chi connectivity index (χ3n) is 24.9. The van der Waals surface area contributed by atoms with Gasteiger partial charge in [0, 0.05) is 80.9 Å². The van der Waals surface area contributed by atoms with Crippen molar-refractivity contribution >= 4 is 58.1 Å². The van der Waals surface area contributed by atoms with Crippen LogP contribution in [-0.4, -0.2) is 72.3 Å². The third-order valence-corrected chi connectivity index (χ3v) is 24.9. The van der Waals surface area contributed by atoms with Gasteiger partial charge in [0.1, 0.15) is 51.7 Å². The maximum atomic E-state index is 13.9. The molecule has 17 heteroatoms. The lowest BCUT2D eigenvalue weighted by Crippen LogP contribution is -2.33. The number of amides is 4. The van der Waals surface area contributed by atoms with Crippen molar-refractivity contribution in [2.24, 2.45) is 47.3 Å². The number of imide groups is 2. The maximum Gasteiger partial charge on any atom is 0.238 e. The third kappa shape index (κ3) is 13.5. The zero-order valence-corrected chi connectivity index (χ0v) is 63.5. The molecule has 0 aromatic heterocycles. The van der Waals surface area contributed by atoms with Gasteiger partial charge in [0.2, 0.25) is 23.6 Å². The largest absolute Gasteiger partial charge is 0.508 e. The number of phenolic OH excluding ortho intramolecular Hbond substituents is 5. The molecule has 10 aromatic rings. The SMILES string of the molecule is Cc1ccc(C(C)(C)c2ccc(O)c(N3C(=O)C4C5C=CC(C5)C4C3=O)c2)cc1CC(=O)c1ccc(Oc2ccc(C(=O)Cc3cc(C(C)(C)c4ccc(O)c(CC(=O)c5ccc(Oc6ccc(C(=O)Cc7cc(C(C)(C)c8ccc(O)c(N9C(=O)C%10C%11C=CC(C%11)C%10C9=O)c8)ccc7O)cc6)cc5)c4)ccc3O)cc2)cc1. The zero-order valence-electron chi connectivity index (χ0n) is 63.5. The molecule has 113 heavy (non-hydrogen) atoms. The minimum absolute atomic E-state index is 0.0169. The van der Waals surface area contributed by atoms with Gasteiger partial charge < -0.3 is 35.0 Å². The van der Waals surface area contributed by atoms with Gasteiger partial charge in [0.05, 0.1) is 35.0 Å². The van der Waals surface area contributed by atoms with Gasteiger partial charge in [-0.2, -0.15) is 0 Å². The lowest BCUT2D eigenvalue weighted by molar-refractivity contribution is -0.124. The number of fused-ring (bicyclic) bond motifs is 10. The van der Waals surface area contributed by atoms with Crippen LogP contribution >= 0.6 is 0 Å². The van der Waals surface area contributed by atoms with Crippen LogP contribution in [0.2, 0.25) is 0 Å². The first kappa shape index (κ1) is 74.3. The van der Waals surface area contributed by atoms with Gasteiger partial charge in [0.25, 0.3) is 0 Å². The topological polar surface area (TPSA) is 263 Å². The van der Waals surface area contributed by atoms with Crippen LogP contribution < -0.4 is 19.3 Å². The molecular formula is C96H84N2O15. The van der Waals surface area contributed by atoms with Crippen molar-refractivity contribution in [3.8, 4) is 51.7 Å². The number of allylic oxidation sites excluding steroid dienone is 4. The Hall–Kier alpha value is -12.8. The number of carbonyl (C=O) groups is 8. The second-order valence-corrected chi connectivity index (χ2v) is 32.7. The summed E-state index contributed by atoms with van der Waals surface area (Å²) < 4.78 is 12.3. The second kappa shape index (κ2) is 28.5. The number of ketones is 4. The average molecular weight is 1510 g/mol. The van der Waals surface area contributed by atoms with Crippen LogP contribution in [0, 0.1) is 54.3 Å². The summed E-state index contributed by atoms with van der Waals surface area (Å²) in [5, 5.41) is 55.3. The Morgan fingerprint density at radius 3 is 0.823 bits per heavy atom. The summed E-state index contributed by atoms with van der Waals surface area (Å²) in [5.41, 5.74) is 7.56. The number of phenols is 5. The number of benzene rings is 10. The van der Waals surface area contributed by atoms with E-state index in [0.29, 0.717) is 67.5 Å². The van der Waals surface area contributed by atoms with Crippen molar-refractivity contribution in [2.45, 2.75) is 103 Å². The number of aryl methyl sites for hydroxylation is 1. The lowest BCUT2D eigenvalue weighted by Gasteiger charge is -2.29. The van der Waals surface area contributed by atoms with Gasteiger partial charge >= 0.3 is 0 Å². The summed E-state index contributed by atoms with van der Waals surface area (Å²) in [5.74, 6) is -2.20. The Morgan fingerprint density at radius 2 is 0.549 bits per heavy atom. The standard InChI is InChI=1S/C96H84N2O15/c1-52-8-21-65(95(4,5)69-25-38-80(102)75(50-69)97-90(108)86-57-9-10-58(40-57)87(86)91(97)109)42-61(52)46-82(104)53-13-27-71(28-14-53)112-72-29-15-54(16-30-72)83(105)47-62-43-66(22-35-77(62)99)94(2,3)67-23-36-78(100)63(44-67)48-84(106)55-17-31-73(32-18-55)113-74-33-19-56(20-34-74)85(107)49-64-45-68(24-37-79(64)101)96(6,7)70-26-39-81(103)76(51-70)98-92(110)88-59-11-12-60(41-59)89(88)93(98)111/h8-39,42-45,50-51,57-60,86-89,99-103H,40-41,46-49H2,1-7H3. The Kier molecular flexibility index (Phi) is 18.8. The summed E-state index contributed by atoms with van der Waals surface area (Å²) in [4.78, 5) is 113. The highest BCUT2D eigenvalue weighted by Gasteiger charge is 2.61. The van der Waals surface area contributed by atoms with Crippen molar-refractivity contribution in [1.82, 2.24) is 0 Å². The van der Waals surface area contributed by atoms with Crippen LogP contribution in [0.15, 0.2) is 231 Å². The van der Waals surface area contributed by atoms with Crippen molar-refractivity contribution < 1.29 is 73.4 Å². The van der Waals surface area contributed by atoms with Gasteiger partial charge in [-0.1, -0.05) is 133 Å². The first-order chi connectivity index (χ1) is 54.0. The molecule has 4 fully saturated rings. The maximum absolute atomic E-state index is 13.9. The number of carbonyl (C=O) groups excluding carboxylic acids is 8. The van der Waals surface area contributed by atoms with E-state index in [1.165, 1.54) is 17.0 Å². The van der Waals surface area contributed by atoms with E-state index in [1.54, 1.807) is 176 Å². The molecular weight excluding hydrogens is 1420 g/mol. The van der Waals surface area contributed by atoms with Gasteiger partial charge in [-0.25, -0.2) is 9.80 Å². The highest BCUT2D eigenvalue weighted by atomic mass is 16.5. The molecule has 568 valence electrons. The summed E-state index contributed by atoms with van der Waals surface area (Å²) in [6, 6.07) is 58.0. The molecule has 2 saturated heterocycles. The molecule has 17 nitrogen and oxygen atoms in total. The quantitative estimate of drug-likeness (QED) is 0.0214. The van der Waals surface area contributed by atoms with Crippen LogP contribution in [-0.2, 0) is 61.1 Å². The van der Waals surface area contributed by atoms with E-state index in [4.69, 9.17) is 9.47 Å². The van der Waals surface area contributed by atoms with E-state index >= 15 is 0 Å². The minimum Gasteiger partial charge on any atom is -0.508 e. The molecule has 4 aliphatic carbocycles. The molecule has 6 aliphatic rings. The Labute approximate surface area is 654 Å². The molecule has 5 N–H and O–H groups in total. The highest BCUT2D eigenvalue weighted by molar-refractivity contribution is 6.24. The van der Waals surface area contributed by atoms with Crippen molar-refractivity contribution in [1.29, 1.82) is 0 Å². The highest BCUT2D eigenvalue weighted by Crippen LogP contribution is 2.56. The molecule has 10 aromatic carbocycles. The van der Waals surface area contributed by atoms with E-state index in [9.17, 15) is 63.9 Å². The smallest absolute Gasteiger partial charge is 0.238 e. The number of ether oxygens (including phenoxy) is 2. The fourth-order valence-electron chi connectivity index (χ4n) is 17.8. The van der Waals surface area contributed by atoms with E-state index < -0.39 is 39.9 Å². The second-order valence-electron chi connectivity index (χ2n) is 32.7. The molecule has 8 unspecified atom stereocenters. The van der Waals surface area contributed by atoms with Gasteiger partial charge in [-0.3, -0.25) is 38.4 Å². The minimum atomic E-state index is -0.757. The fourth-order valence-corrected chi connectivity index (χ4v) is 17.8. The van der Waals surface area contributed by atoms with Crippen LogP contribution in [0.3, 0.4) is 0 Å². The molecule has 2 saturated carbocycles. The van der Waals surface area contributed by atoms with E-state index in [0.717, 1.165) is 56.7 Å². The lowest BCUT2D eigenvalue weighted by atomic mass is 9.76. The number of anilines is 2. The molecule has 16 rings (SSSR count). The average Bonchev–Trinajstić information content (AvgIpc) is 1.57. The number of aromatic hydroxyl groups is 5. The fraction of sp³-hybridized carbons (Fsp3) is 0.250. The van der Waals surface area contributed by atoms with Crippen molar-refractivity contribution in [3.63, 3.8) is 0 Å². The number of Topliss-reactive ketones (excluding diaryl/α,β-unsaturated/α-hetero) is 4. The number of nitrogens with zero attached hydrogens (tertiary/aromatic N) is 2. The Morgan fingerprint density at radius 1 is 0.319 bits per heavy atom. The molecule has 4 bridgehead atoms. The van der Waals surface area contributed by atoms with Crippen molar-refractivity contribution in [3.05, 3.63) is 314 Å². The number of hydrogen-bond donors (Lipinski definition) is 5. The summed E-state index contributed by atoms with van der Waals surface area (Å²) >= 11 is 0. The van der Waals surface area contributed by atoms with E-state index in [-0.39, 0.29) is 136 Å². The number of rotatable bonds is 24. The summed E-state index contributed by atoms with van der Waals surface area (Å²) in [6.45, 7) is 13.9. The van der Waals surface area contributed by atoms with E-state index in [2.05, 4.69) is 0 Å². The first-order valence-corrected chi connectivity index (χ1v) is 38.2. The zero-order chi connectivity index (χ0) is 79.4. The Balaban J connectivity index is 0.507. The monoisotopic (exact) mass is 1500 g/mol. The van der Waals surface area contributed by atoms with Crippen LogP contribution in [0.4, 0.5) is 11.4 Å². The Bertz CT molecular complexity index is 5280. The van der Waals surface area contributed by atoms with Crippen molar-refractivity contribution in [2.75, 3.05) is 9.80 Å². The van der Waals surface area contributed by atoms with Crippen LogP contribution in [0.5, 0.6) is 51.7 Å². The van der Waals surface area contributed by atoms with Gasteiger partial charge in [-0.05, 0) is 227 Å². The molecule has 2 heterocycles. The predicted molar refractivity (Wildman–Crippen MR) is 427 cm³/mol. The number of hydrogen-bond acceptors (Lipinski definition) is 15. The van der Waals surface area contributed by atoms with Gasteiger partial charge in [0.15, 0.2) is 23.1 Å². The molecule has 4 amide bonds.